The Hall–Kier alpha value is -0.560. The van der Waals surface area contributed by atoms with Crippen LogP contribution < -0.4 is 45.9 Å². The molecule has 0 fully saturated rings. The highest BCUT2D eigenvalue weighted by molar-refractivity contribution is 4.69. The molecule has 0 aromatic heterocycles. The third kappa shape index (κ3) is 33.6. The fourth-order valence-electron chi connectivity index (χ4n) is 7.29. The summed E-state index contributed by atoms with van der Waals surface area (Å²) in [5, 5.41) is 0. The first-order valence-corrected chi connectivity index (χ1v) is 22.5. The second-order valence-corrected chi connectivity index (χ2v) is 15.4. The minimum atomic E-state index is 0.747. The van der Waals surface area contributed by atoms with Gasteiger partial charge in [0.25, 0.3) is 0 Å². The highest BCUT2D eigenvalue weighted by atomic mass is 15.2. The summed E-state index contributed by atoms with van der Waals surface area (Å²) in [5.41, 5.74) is 45.1. The molecule has 0 aromatic rings. The summed E-state index contributed by atoms with van der Waals surface area (Å²) < 4.78 is 0. The van der Waals surface area contributed by atoms with E-state index in [4.69, 9.17) is 40.1 Å². The summed E-state index contributed by atoms with van der Waals surface area (Å²) >= 11 is 0. The molecule has 0 aliphatic rings. The summed E-state index contributed by atoms with van der Waals surface area (Å²) in [5.74, 6) is 0. The van der Waals surface area contributed by atoms with Gasteiger partial charge in [-0.3, -0.25) is 0 Å². The molecule has 0 saturated carbocycles. The number of quaternary nitrogens is 1. The third-order valence-corrected chi connectivity index (χ3v) is 10.5. The van der Waals surface area contributed by atoms with Crippen LogP contribution in [0, 0.1) is 0 Å². The number of rotatable bonds is 45. The molecule has 0 heterocycles. The first-order valence-electron chi connectivity index (χ1n) is 22.5. The summed E-state index contributed by atoms with van der Waals surface area (Å²) in [6.07, 6.45) is 15.8. The molecule has 0 spiro atoms. The molecule has 0 aromatic carbocycles. The first kappa shape index (κ1) is 53.4. The predicted octanol–water partition coefficient (Wildman–Crippen LogP) is -0.787. The molecule has 0 unspecified atom stereocenters. The highest BCUT2D eigenvalue weighted by Gasteiger charge is 2.13. The van der Waals surface area contributed by atoms with Crippen molar-refractivity contribution in [3.63, 3.8) is 0 Å². The molecular formula is C40H97N14+. The smallest absolute Gasteiger partial charge is 0.0752 e. The average molecular weight is 774 g/mol. The summed E-state index contributed by atoms with van der Waals surface area (Å²) in [4.78, 5) is 15.8. The Labute approximate surface area is 334 Å². The van der Waals surface area contributed by atoms with E-state index in [1.807, 2.05) is 0 Å². The zero-order valence-electron chi connectivity index (χ0n) is 35.7. The van der Waals surface area contributed by atoms with Gasteiger partial charge in [-0.15, -0.1) is 0 Å². The largest absolute Gasteiger partial charge is 0.358 e. The molecule has 0 atom stereocenters. The van der Waals surface area contributed by atoms with Crippen molar-refractivity contribution >= 4 is 0 Å². The van der Waals surface area contributed by atoms with Gasteiger partial charge in [0.15, 0.2) is 0 Å². The van der Waals surface area contributed by atoms with Crippen LogP contribution in [-0.4, -0.2) is 200 Å². The van der Waals surface area contributed by atoms with Crippen LogP contribution in [0.2, 0.25) is 0 Å². The van der Waals surface area contributed by atoms with E-state index in [1.54, 1.807) is 0 Å². The van der Waals surface area contributed by atoms with Crippen LogP contribution in [0.25, 0.3) is 0 Å². The standard InChI is InChI=1S/C40H96N14/c41-15-3-25-51(26-4-16-42)37-11-33-49(34-12-38-52(27-5-17-43)28-6-18-44)23-1-2-24-50(35-13-39-53(29-7-19-45)30-8-20-46)36-14-40-54(31-9-21-47)32-10-22-48/h1-48H2/p+1. The fourth-order valence-corrected chi connectivity index (χ4v) is 7.29. The van der Waals surface area contributed by atoms with Gasteiger partial charge in [-0.1, -0.05) is 0 Å². The maximum atomic E-state index is 5.87. The van der Waals surface area contributed by atoms with E-state index in [1.165, 1.54) is 45.1 Å². The Morgan fingerprint density at radius 3 is 0.519 bits per heavy atom. The second kappa shape index (κ2) is 42.1. The van der Waals surface area contributed by atoms with Gasteiger partial charge in [0.2, 0.25) is 0 Å². The third-order valence-electron chi connectivity index (χ3n) is 10.5. The Morgan fingerprint density at radius 2 is 0.352 bits per heavy atom. The molecule has 0 amide bonds. The molecule has 0 rings (SSSR count). The van der Waals surface area contributed by atoms with E-state index in [-0.39, 0.29) is 0 Å². The van der Waals surface area contributed by atoms with Crippen LogP contribution in [0.1, 0.15) is 89.9 Å². The average Bonchev–Trinajstić information content (AvgIpc) is 3.18. The number of hydrogen-bond donors (Lipinski definition) is 8. The molecule has 14 nitrogen and oxygen atoms in total. The van der Waals surface area contributed by atoms with Crippen molar-refractivity contribution in [1.29, 1.82) is 0 Å². The lowest BCUT2D eigenvalue weighted by molar-refractivity contribution is -0.368. The number of hydrogen-bond acceptors (Lipinski definition) is 13. The molecular weight excluding hydrogens is 677 g/mol. The van der Waals surface area contributed by atoms with Crippen LogP contribution in [0.15, 0.2) is 0 Å². The van der Waals surface area contributed by atoms with Gasteiger partial charge in [-0.05, 0) is 241 Å². The van der Waals surface area contributed by atoms with Crippen molar-refractivity contribution in [3.05, 3.63) is 0 Å². The Balaban J connectivity index is 5.42. The van der Waals surface area contributed by atoms with Gasteiger partial charge in [-0.25, -0.2) is 0 Å². The first-order chi connectivity index (χ1) is 26.5. The number of nitrogens with two attached hydrogens (primary N) is 7. The second-order valence-electron chi connectivity index (χ2n) is 15.4. The van der Waals surface area contributed by atoms with Crippen molar-refractivity contribution < 1.29 is 5.73 Å². The van der Waals surface area contributed by atoms with Crippen molar-refractivity contribution in [3.8, 4) is 0 Å². The molecule has 0 radical (unpaired) electrons. The van der Waals surface area contributed by atoms with Crippen LogP contribution >= 0.6 is 0 Å². The van der Waals surface area contributed by atoms with E-state index < -0.39 is 0 Å². The van der Waals surface area contributed by atoms with E-state index in [0.717, 1.165) is 215 Å². The van der Waals surface area contributed by atoms with Crippen LogP contribution in [0.4, 0.5) is 0 Å². The maximum absolute atomic E-state index is 5.87. The van der Waals surface area contributed by atoms with Crippen LogP contribution in [0.3, 0.4) is 0 Å². The number of nitrogens with zero attached hydrogens (tertiary/aromatic N) is 6. The van der Waals surface area contributed by atoms with E-state index in [0.29, 0.717) is 0 Å². The highest BCUT2D eigenvalue weighted by Crippen LogP contribution is 2.08. The van der Waals surface area contributed by atoms with E-state index in [2.05, 4.69) is 35.1 Å². The molecule has 326 valence electrons. The molecule has 0 aliphatic heterocycles. The van der Waals surface area contributed by atoms with E-state index in [9.17, 15) is 0 Å². The molecule has 17 N–H and O–H groups in total. The van der Waals surface area contributed by atoms with Gasteiger partial charge < -0.3 is 75.3 Å². The van der Waals surface area contributed by atoms with Gasteiger partial charge in [0, 0.05) is 13.0 Å². The lowest BCUT2D eigenvalue weighted by Crippen LogP contribution is -2.51. The van der Waals surface area contributed by atoms with Gasteiger partial charge >= 0.3 is 0 Å². The molecule has 0 bridgehead atoms. The fraction of sp³-hybridized carbons (Fsp3) is 1.00. The predicted molar refractivity (Wildman–Crippen MR) is 234 cm³/mol. The van der Waals surface area contributed by atoms with Crippen LogP contribution in [-0.2, 0) is 0 Å². The van der Waals surface area contributed by atoms with Crippen molar-refractivity contribution in [1.82, 2.24) is 29.4 Å². The lowest BCUT2D eigenvalue weighted by atomic mass is 10.2. The SMILES string of the molecule is NCCCN(CCCN)CCCN(CCCCN(CCCN(CCCN)CCCN)CCCN(CCCN)CCC[NH3+])CCCN(CCCN)CCCN. The Kier molecular flexibility index (Phi) is 41.6. The topological polar surface area (TPSA) is 229 Å². The number of unbranched alkanes of at least 4 members (excludes halogenated alkanes) is 1. The summed E-state index contributed by atoms with van der Waals surface area (Å²) in [6, 6.07) is 0. The molecule has 0 aliphatic carbocycles. The zero-order chi connectivity index (χ0) is 39.7. The van der Waals surface area contributed by atoms with Gasteiger partial charge in [0.1, 0.15) is 0 Å². The minimum Gasteiger partial charge on any atom is -0.358 e. The lowest BCUT2D eigenvalue weighted by Gasteiger charge is -2.29. The molecule has 14 heteroatoms. The van der Waals surface area contributed by atoms with Gasteiger partial charge in [0.05, 0.1) is 6.54 Å². The Bertz CT molecular complexity index is 582. The Morgan fingerprint density at radius 1 is 0.204 bits per heavy atom. The minimum absolute atomic E-state index is 0.747. The van der Waals surface area contributed by atoms with Crippen molar-refractivity contribution in [2.45, 2.75) is 89.9 Å². The molecule has 54 heavy (non-hydrogen) atoms. The summed E-state index contributed by atoms with van der Waals surface area (Å²) in [7, 11) is 0. The van der Waals surface area contributed by atoms with Crippen molar-refractivity contribution in [2.75, 3.05) is 170 Å². The normalized spacial score (nSPS) is 12.3. The quantitative estimate of drug-likeness (QED) is 0.0356. The monoisotopic (exact) mass is 774 g/mol. The van der Waals surface area contributed by atoms with E-state index >= 15 is 0 Å². The zero-order valence-corrected chi connectivity index (χ0v) is 35.7. The van der Waals surface area contributed by atoms with Gasteiger partial charge in [-0.2, -0.15) is 0 Å². The summed E-state index contributed by atoms with van der Waals surface area (Å²) in [6.45, 7) is 26.3. The van der Waals surface area contributed by atoms with Crippen LogP contribution in [0.5, 0.6) is 0 Å². The van der Waals surface area contributed by atoms with Crippen molar-refractivity contribution in [2.24, 2.45) is 40.1 Å². The molecule has 0 saturated heterocycles. The maximum Gasteiger partial charge on any atom is 0.0752 e.